The smallest absolute Gasteiger partial charge is 0.331 e. The molecule has 0 fully saturated rings. The van der Waals surface area contributed by atoms with Crippen LogP contribution in [0, 0.1) is 10.1 Å². The van der Waals surface area contributed by atoms with Gasteiger partial charge in [-0.15, -0.1) is 10.2 Å². The number of pyridine rings is 1. The second-order valence-corrected chi connectivity index (χ2v) is 8.44. The number of aromatic nitrogens is 3. The first kappa shape index (κ1) is 26.0. The molecule has 0 radical (unpaired) electrons. The van der Waals surface area contributed by atoms with E-state index in [4.69, 9.17) is 23.6 Å². The summed E-state index contributed by atoms with van der Waals surface area (Å²) in [6.07, 6.45) is 2.59. The number of nitro benzene ring substituents is 1. The molecule has 0 spiro atoms. The second-order valence-electron chi connectivity index (χ2n) is 8.44. The van der Waals surface area contributed by atoms with Gasteiger partial charge in [0.15, 0.2) is 18.1 Å². The molecule has 0 atom stereocenters. The third-order valence-corrected chi connectivity index (χ3v) is 5.92. The van der Waals surface area contributed by atoms with Crippen LogP contribution in [-0.2, 0) is 16.1 Å². The van der Waals surface area contributed by atoms with Crippen LogP contribution < -0.4 is 9.47 Å². The van der Waals surface area contributed by atoms with Gasteiger partial charge in [0.25, 0.3) is 11.6 Å². The Morgan fingerprint density at radius 2 is 1.80 bits per heavy atom. The fourth-order valence-electron chi connectivity index (χ4n) is 4.00. The number of carbonyl (C=O) groups is 1. The highest BCUT2D eigenvalue weighted by Gasteiger charge is 2.17. The average molecular weight is 539 g/mol. The lowest BCUT2D eigenvalue weighted by molar-refractivity contribution is -0.384. The van der Waals surface area contributed by atoms with Crippen molar-refractivity contribution in [2.75, 3.05) is 14.2 Å². The molecule has 0 amide bonds. The van der Waals surface area contributed by atoms with Crippen molar-refractivity contribution < 1.29 is 28.3 Å². The molecule has 0 bridgehead atoms. The largest absolute Gasteiger partial charge is 0.493 e. The van der Waals surface area contributed by atoms with Crippen molar-refractivity contribution in [1.82, 2.24) is 15.2 Å². The minimum atomic E-state index is -0.670. The first-order valence-corrected chi connectivity index (χ1v) is 12.0. The topological polar surface area (TPSA) is 140 Å². The van der Waals surface area contributed by atoms with Crippen LogP contribution in [0.15, 0.2) is 83.3 Å². The molecule has 0 aliphatic carbocycles. The van der Waals surface area contributed by atoms with Crippen molar-refractivity contribution >= 4 is 28.6 Å². The highest BCUT2D eigenvalue weighted by atomic mass is 16.6. The average Bonchev–Trinajstić information content (AvgIpc) is 3.47. The van der Waals surface area contributed by atoms with Crippen molar-refractivity contribution in [3.8, 4) is 34.2 Å². The predicted octanol–water partition coefficient (Wildman–Crippen LogP) is 5.63. The van der Waals surface area contributed by atoms with Crippen molar-refractivity contribution in [3.63, 3.8) is 0 Å². The van der Waals surface area contributed by atoms with Crippen molar-refractivity contribution in [2.24, 2.45) is 0 Å². The number of benzene rings is 3. The number of methoxy groups -OCH3 is 2. The number of hydrogen-bond donors (Lipinski definition) is 0. The zero-order valence-corrected chi connectivity index (χ0v) is 21.4. The van der Waals surface area contributed by atoms with Crippen LogP contribution >= 0.6 is 0 Å². The van der Waals surface area contributed by atoms with Crippen LogP contribution in [0.2, 0.25) is 0 Å². The summed E-state index contributed by atoms with van der Waals surface area (Å²) in [5.41, 5.74) is 3.25. The Morgan fingerprint density at radius 1 is 0.975 bits per heavy atom. The van der Waals surface area contributed by atoms with Gasteiger partial charge in [-0.05, 0) is 42.0 Å². The summed E-state index contributed by atoms with van der Waals surface area (Å²) in [6.45, 7) is -0.253. The number of carbonyl (C=O) groups excluding carboxylic acids is 1. The Hall–Kier alpha value is -5.58. The summed E-state index contributed by atoms with van der Waals surface area (Å²) in [5.74, 6) is 0.830. The number of hydrogen-bond acceptors (Lipinski definition) is 10. The van der Waals surface area contributed by atoms with Crippen LogP contribution in [0.3, 0.4) is 0 Å². The number of ether oxygens (including phenoxy) is 3. The molecule has 40 heavy (non-hydrogen) atoms. The van der Waals surface area contributed by atoms with Crippen LogP contribution in [0.1, 0.15) is 11.5 Å². The van der Waals surface area contributed by atoms with Gasteiger partial charge in [-0.1, -0.05) is 30.3 Å². The highest BCUT2D eigenvalue weighted by Crippen LogP contribution is 2.35. The number of non-ortho nitro benzene ring substituents is 1. The maximum atomic E-state index is 12.2. The zero-order chi connectivity index (χ0) is 28.1. The van der Waals surface area contributed by atoms with Gasteiger partial charge in [0, 0.05) is 29.2 Å². The van der Waals surface area contributed by atoms with E-state index in [1.54, 1.807) is 26.4 Å². The highest BCUT2D eigenvalue weighted by molar-refractivity contribution is 5.94. The lowest BCUT2D eigenvalue weighted by Crippen LogP contribution is -2.01. The molecule has 11 nitrogen and oxygen atoms in total. The summed E-state index contributed by atoms with van der Waals surface area (Å²) in [7, 11) is 3.14. The summed E-state index contributed by atoms with van der Waals surface area (Å²) in [4.78, 5) is 27.4. The quantitative estimate of drug-likeness (QED) is 0.100. The first-order valence-electron chi connectivity index (χ1n) is 12.0. The number of nitrogens with zero attached hydrogens (tertiary/aromatic N) is 4. The van der Waals surface area contributed by atoms with Gasteiger partial charge in [0.05, 0.1) is 35.9 Å². The van der Waals surface area contributed by atoms with E-state index < -0.39 is 10.9 Å². The lowest BCUT2D eigenvalue weighted by atomic mass is 10.0. The van der Waals surface area contributed by atoms with Gasteiger partial charge in [-0.25, -0.2) is 9.78 Å². The molecule has 5 aromatic rings. The molecule has 0 unspecified atom stereocenters. The van der Waals surface area contributed by atoms with E-state index >= 15 is 0 Å². The zero-order valence-electron chi connectivity index (χ0n) is 21.4. The van der Waals surface area contributed by atoms with Gasteiger partial charge in [0.1, 0.15) is 0 Å². The summed E-state index contributed by atoms with van der Waals surface area (Å²) < 4.78 is 21.8. The van der Waals surface area contributed by atoms with Crippen molar-refractivity contribution in [1.29, 1.82) is 0 Å². The van der Waals surface area contributed by atoms with E-state index in [1.165, 1.54) is 30.4 Å². The standard InChI is InChI=1S/C29H22N4O7/c1-37-25-12-11-19(15-26(25)38-2)24-16-22(21-8-3-4-9-23(21)30-24)29-32-31-27(40-29)17-39-28(34)13-10-18-6-5-7-20(14-18)33(35)36/h3-16H,17H2,1-2H3/b13-10+. The van der Waals surface area contributed by atoms with Gasteiger partial charge in [-0.2, -0.15) is 0 Å². The number of para-hydroxylation sites is 1. The van der Waals surface area contributed by atoms with E-state index in [-0.39, 0.29) is 24.1 Å². The molecular formula is C29H22N4O7. The Morgan fingerprint density at radius 3 is 2.60 bits per heavy atom. The molecular weight excluding hydrogens is 516 g/mol. The predicted molar refractivity (Wildman–Crippen MR) is 146 cm³/mol. The van der Waals surface area contributed by atoms with E-state index in [0.29, 0.717) is 28.3 Å². The minimum absolute atomic E-state index is 0.0770. The number of rotatable bonds is 9. The number of fused-ring (bicyclic) bond motifs is 1. The Balaban J connectivity index is 1.37. The van der Waals surface area contributed by atoms with Gasteiger partial charge in [0.2, 0.25) is 5.89 Å². The van der Waals surface area contributed by atoms with E-state index in [2.05, 4.69) is 10.2 Å². The van der Waals surface area contributed by atoms with Crippen LogP contribution in [0.25, 0.3) is 39.7 Å². The summed E-state index contributed by atoms with van der Waals surface area (Å²) >= 11 is 0. The molecule has 2 aromatic heterocycles. The summed E-state index contributed by atoms with van der Waals surface area (Å²) in [6, 6.07) is 20.8. The second kappa shape index (κ2) is 11.4. The van der Waals surface area contributed by atoms with Crippen LogP contribution in [-0.4, -0.2) is 40.3 Å². The monoisotopic (exact) mass is 538 g/mol. The number of esters is 1. The molecule has 0 aliphatic rings. The third-order valence-electron chi connectivity index (χ3n) is 5.92. The van der Waals surface area contributed by atoms with Crippen LogP contribution in [0.5, 0.6) is 11.5 Å². The SMILES string of the molecule is COc1ccc(-c2cc(-c3nnc(COC(=O)/C=C/c4cccc([N+](=O)[O-])c4)o3)c3ccccc3n2)cc1OC. The molecule has 3 aromatic carbocycles. The maximum absolute atomic E-state index is 12.2. The Labute approximate surface area is 227 Å². The Bertz CT molecular complexity index is 1750. The lowest BCUT2D eigenvalue weighted by Gasteiger charge is -2.11. The molecule has 0 saturated carbocycles. The number of nitro groups is 1. The molecule has 2 heterocycles. The van der Waals surface area contributed by atoms with Gasteiger partial charge in [-0.3, -0.25) is 10.1 Å². The molecule has 0 saturated heterocycles. The third kappa shape index (κ3) is 5.63. The normalized spacial score (nSPS) is 11.1. The fraction of sp³-hybridized carbons (Fsp3) is 0.103. The maximum Gasteiger partial charge on any atom is 0.331 e. The minimum Gasteiger partial charge on any atom is -0.493 e. The molecule has 5 rings (SSSR count). The molecule has 200 valence electrons. The van der Waals surface area contributed by atoms with E-state index in [1.807, 2.05) is 42.5 Å². The summed E-state index contributed by atoms with van der Waals surface area (Å²) in [5, 5.41) is 19.9. The Kier molecular flexibility index (Phi) is 7.45. The molecule has 11 heteroatoms. The molecule has 0 N–H and O–H groups in total. The first-order chi connectivity index (χ1) is 19.4. The van der Waals surface area contributed by atoms with Crippen molar-refractivity contribution in [3.05, 3.63) is 100 Å². The van der Waals surface area contributed by atoms with E-state index in [0.717, 1.165) is 16.5 Å². The fourth-order valence-corrected chi connectivity index (χ4v) is 4.00. The van der Waals surface area contributed by atoms with Gasteiger partial charge >= 0.3 is 5.97 Å². The van der Waals surface area contributed by atoms with Gasteiger partial charge < -0.3 is 18.6 Å². The molecule has 0 aliphatic heterocycles. The van der Waals surface area contributed by atoms with E-state index in [9.17, 15) is 14.9 Å². The van der Waals surface area contributed by atoms with Crippen molar-refractivity contribution in [2.45, 2.75) is 6.61 Å². The van der Waals surface area contributed by atoms with Crippen LogP contribution in [0.4, 0.5) is 5.69 Å².